The average molecular weight is 204 g/mol. The van der Waals surface area contributed by atoms with Gasteiger partial charge in [-0.15, -0.1) is 0 Å². The molecule has 1 aliphatic rings. The number of carbonyl (C=O) groups excluding carboxylic acids is 1. The van der Waals surface area contributed by atoms with E-state index in [9.17, 15) is 4.79 Å². The Hall–Kier alpha value is -1.71. The van der Waals surface area contributed by atoms with Crippen LogP contribution in [0.5, 0.6) is 0 Å². The van der Waals surface area contributed by atoms with E-state index in [1.165, 1.54) is 0 Å². The third kappa shape index (κ3) is 1.42. The van der Waals surface area contributed by atoms with Crippen molar-refractivity contribution in [1.29, 1.82) is 0 Å². The Morgan fingerprint density at radius 1 is 1.47 bits per heavy atom. The number of azo groups is 1. The number of fused-ring (bicyclic) bond motifs is 1. The molecular formula is C11H12N2O2. The molecule has 1 heterocycles. The minimum atomic E-state index is -0.966. The summed E-state index contributed by atoms with van der Waals surface area (Å²) in [6.45, 7) is 3.85. The lowest BCUT2D eigenvalue weighted by Gasteiger charge is -2.17. The molecule has 0 fully saturated rings. The number of hydrogen-bond donors (Lipinski definition) is 0. The lowest BCUT2D eigenvalue weighted by molar-refractivity contribution is -0.149. The highest BCUT2D eigenvalue weighted by molar-refractivity contribution is 5.85. The monoisotopic (exact) mass is 204 g/mol. The molecule has 1 atom stereocenters. The second-order valence-electron chi connectivity index (χ2n) is 3.51. The van der Waals surface area contributed by atoms with Gasteiger partial charge in [0.25, 0.3) is 0 Å². The number of esters is 1. The summed E-state index contributed by atoms with van der Waals surface area (Å²) in [4.78, 5) is 11.8. The Morgan fingerprint density at radius 2 is 2.20 bits per heavy atom. The van der Waals surface area contributed by atoms with Crippen LogP contribution in [0.4, 0.5) is 5.69 Å². The highest BCUT2D eigenvalue weighted by atomic mass is 16.5. The van der Waals surface area contributed by atoms with Gasteiger partial charge in [-0.25, -0.2) is 4.79 Å². The van der Waals surface area contributed by atoms with Gasteiger partial charge < -0.3 is 4.74 Å². The maximum Gasteiger partial charge on any atom is 0.340 e. The molecule has 0 spiro atoms. The van der Waals surface area contributed by atoms with E-state index in [-0.39, 0.29) is 5.97 Å². The fourth-order valence-corrected chi connectivity index (χ4v) is 1.60. The standard InChI is InChI=1S/C11H12N2O2/c1-3-15-10(14)11(2)8-6-4-5-7-9(8)12-13-11/h4-7H,3H2,1-2H3. The Bertz CT molecular complexity index is 428. The van der Waals surface area contributed by atoms with E-state index in [1.54, 1.807) is 13.8 Å². The highest BCUT2D eigenvalue weighted by Gasteiger charge is 2.42. The maximum atomic E-state index is 11.8. The SMILES string of the molecule is CCOC(=O)C1(C)N=Nc2ccccc21. The first-order chi connectivity index (χ1) is 7.18. The van der Waals surface area contributed by atoms with E-state index in [2.05, 4.69) is 10.2 Å². The van der Waals surface area contributed by atoms with E-state index in [0.717, 1.165) is 11.3 Å². The number of nitrogens with zero attached hydrogens (tertiary/aromatic N) is 2. The molecule has 1 unspecified atom stereocenters. The normalized spacial score (nSPS) is 22.5. The minimum Gasteiger partial charge on any atom is -0.464 e. The molecule has 4 heteroatoms. The number of rotatable bonds is 2. The van der Waals surface area contributed by atoms with Crippen molar-refractivity contribution in [2.45, 2.75) is 19.4 Å². The molecule has 0 saturated heterocycles. The van der Waals surface area contributed by atoms with Crippen LogP contribution in [0.25, 0.3) is 0 Å². The number of benzene rings is 1. The highest BCUT2D eigenvalue weighted by Crippen LogP contribution is 2.40. The molecule has 1 aromatic carbocycles. The summed E-state index contributed by atoms with van der Waals surface area (Å²) in [6, 6.07) is 7.43. The molecule has 1 aromatic rings. The maximum absolute atomic E-state index is 11.8. The van der Waals surface area contributed by atoms with Crippen LogP contribution in [0.3, 0.4) is 0 Å². The summed E-state index contributed by atoms with van der Waals surface area (Å²) in [7, 11) is 0. The second kappa shape index (κ2) is 3.46. The number of hydrogen-bond acceptors (Lipinski definition) is 4. The van der Waals surface area contributed by atoms with Gasteiger partial charge in [0, 0.05) is 5.56 Å². The van der Waals surface area contributed by atoms with E-state index in [0.29, 0.717) is 6.61 Å². The first-order valence-corrected chi connectivity index (χ1v) is 4.88. The fourth-order valence-electron chi connectivity index (χ4n) is 1.60. The van der Waals surface area contributed by atoms with Crippen LogP contribution in [0.15, 0.2) is 34.5 Å². The molecular weight excluding hydrogens is 192 g/mol. The number of carbonyl (C=O) groups is 1. The summed E-state index contributed by atoms with van der Waals surface area (Å²) in [5, 5.41) is 7.98. The van der Waals surface area contributed by atoms with Crippen molar-refractivity contribution in [3.05, 3.63) is 29.8 Å². The van der Waals surface area contributed by atoms with Crippen LogP contribution in [-0.2, 0) is 15.1 Å². The molecule has 15 heavy (non-hydrogen) atoms. The van der Waals surface area contributed by atoms with Crippen molar-refractivity contribution in [1.82, 2.24) is 0 Å². The van der Waals surface area contributed by atoms with Gasteiger partial charge in [-0.3, -0.25) is 0 Å². The van der Waals surface area contributed by atoms with Crippen molar-refractivity contribution in [2.75, 3.05) is 6.61 Å². The fraction of sp³-hybridized carbons (Fsp3) is 0.364. The van der Waals surface area contributed by atoms with Crippen molar-refractivity contribution >= 4 is 11.7 Å². The van der Waals surface area contributed by atoms with Crippen LogP contribution >= 0.6 is 0 Å². The van der Waals surface area contributed by atoms with E-state index in [1.807, 2.05) is 24.3 Å². The van der Waals surface area contributed by atoms with Gasteiger partial charge in [-0.05, 0) is 19.9 Å². The average Bonchev–Trinajstić information content (AvgIpc) is 2.59. The molecule has 0 bridgehead atoms. The Balaban J connectivity index is 2.41. The van der Waals surface area contributed by atoms with Gasteiger partial charge in [0.1, 0.15) is 0 Å². The van der Waals surface area contributed by atoms with Crippen molar-refractivity contribution < 1.29 is 9.53 Å². The third-order valence-corrected chi connectivity index (χ3v) is 2.46. The molecule has 0 saturated carbocycles. The predicted octanol–water partition coefficient (Wildman–Crippen LogP) is 2.56. The predicted molar refractivity (Wildman–Crippen MR) is 54.9 cm³/mol. The Kier molecular flexibility index (Phi) is 2.26. The van der Waals surface area contributed by atoms with Gasteiger partial charge in [0.15, 0.2) is 0 Å². The molecule has 4 nitrogen and oxygen atoms in total. The lowest BCUT2D eigenvalue weighted by Crippen LogP contribution is -2.30. The van der Waals surface area contributed by atoms with Gasteiger partial charge in [0.05, 0.1) is 12.3 Å². The lowest BCUT2D eigenvalue weighted by atomic mass is 9.93. The summed E-state index contributed by atoms with van der Waals surface area (Å²) >= 11 is 0. The van der Waals surface area contributed by atoms with E-state index >= 15 is 0 Å². The summed E-state index contributed by atoms with van der Waals surface area (Å²) in [5.41, 5.74) is 0.587. The molecule has 0 N–H and O–H groups in total. The Labute approximate surface area is 88.0 Å². The molecule has 0 amide bonds. The molecule has 2 rings (SSSR count). The topological polar surface area (TPSA) is 51.0 Å². The van der Waals surface area contributed by atoms with Crippen LogP contribution in [-0.4, -0.2) is 12.6 Å². The van der Waals surface area contributed by atoms with Crippen molar-refractivity contribution in [3.8, 4) is 0 Å². The molecule has 1 aliphatic heterocycles. The van der Waals surface area contributed by atoms with Gasteiger partial charge >= 0.3 is 5.97 Å². The summed E-state index contributed by atoms with van der Waals surface area (Å²) < 4.78 is 4.99. The minimum absolute atomic E-state index is 0.348. The molecule has 0 radical (unpaired) electrons. The molecule has 78 valence electrons. The number of ether oxygens (including phenoxy) is 1. The first-order valence-electron chi connectivity index (χ1n) is 4.88. The zero-order valence-electron chi connectivity index (χ0n) is 8.73. The van der Waals surface area contributed by atoms with Crippen LogP contribution < -0.4 is 0 Å². The van der Waals surface area contributed by atoms with E-state index in [4.69, 9.17) is 4.74 Å². The zero-order valence-corrected chi connectivity index (χ0v) is 8.73. The van der Waals surface area contributed by atoms with E-state index < -0.39 is 5.54 Å². The largest absolute Gasteiger partial charge is 0.464 e. The van der Waals surface area contributed by atoms with Crippen LogP contribution in [0.2, 0.25) is 0 Å². The van der Waals surface area contributed by atoms with Crippen molar-refractivity contribution in [3.63, 3.8) is 0 Å². The van der Waals surface area contributed by atoms with Crippen LogP contribution in [0.1, 0.15) is 19.4 Å². The quantitative estimate of drug-likeness (QED) is 0.695. The Morgan fingerprint density at radius 3 is 2.93 bits per heavy atom. The summed E-state index contributed by atoms with van der Waals surface area (Å²) in [5.74, 6) is -0.348. The van der Waals surface area contributed by atoms with Gasteiger partial charge in [-0.2, -0.15) is 10.2 Å². The van der Waals surface area contributed by atoms with Crippen molar-refractivity contribution in [2.24, 2.45) is 10.2 Å². The zero-order chi connectivity index (χ0) is 10.9. The van der Waals surface area contributed by atoms with Crippen LogP contribution in [0, 0.1) is 0 Å². The smallest absolute Gasteiger partial charge is 0.340 e. The molecule has 0 aliphatic carbocycles. The third-order valence-electron chi connectivity index (χ3n) is 2.46. The molecule has 0 aromatic heterocycles. The first kappa shape index (κ1) is 9.83. The van der Waals surface area contributed by atoms with Gasteiger partial charge in [-0.1, -0.05) is 18.2 Å². The van der Waals surface area contributed by atoms with Gasteiger partial charge in [0.2, 0.25) is 5.54 Å². The summed E-state index contributed by atoms with van der Waals surface area (Å²) in [6.07, 6.45) is 0. The second-order valence-corrected chi connectivity index (χ2v) is 3.51.